The van der Waals surface area contributed by atoms with Crippen LogP contribution >= 0.6 is 11.8 Å². The van der Waals surface area contributed by atoms with E-state index >= 15 is 0 Å². The van der Waals surface area contributed by atoms with Gasteiger partial charge in [0.2, 0.25) is 0 Å². The summed E-state index contributed by atoms with van der Waals surface area (Å²) in [4.78, 5) is 12.4. The third kappa shape index (κ3) is 4.23. The minimum Gasteiger partial charge on any atom is -0.462 e. The lowest BCUT2D eigenvalue weighted by molar-refractivity contribution is -0.205. The summed E-state index contributed by atoms with van der Waals surface area (Å²) in [6.45, 7) is 1.50. The van der Waals surface area contributed by atoms with Crippen molar-refractivity contribution in [2.45, 2.75) is 41.7 Å². The van der Waals surface area contributed by atoms with Gasteiger partial charge >= 0.3 is 5.97 Å². The van der Waals surface area contributed by atoms with E-state index in [0.29, 0.717) is 10.5 Å². The molecule has 4 N–H and O–H groups in total. The highest BCUT2D eigenvalue weighted by molar-refractivity contribution is 7.99. The number of benzene rings is 1. The lowest BCUT2D eigenvalue weighted by Crippen LogP contribution is -2.57. The number of rotatable bonds is 5. The third-order valence-corrected chi connectivity index (χ3v) is 4.59. The van der Waals surface area contributed by atoms with Crippen molar-refractivity contribution < 1.29 is 34.7 Å². The van der Waals surface area contributed by atoms with Crippen LogP contribution in [-0.2, 0) is 9.47 Å². The van der Waals surface area contributed by atoms with E-state index in [9.17, 15) is 25.2 Å². The van der Waals surface area contributed by atoms with Crippen molar-refractivity contribution in [3.05, 3.63) is 29.8 Å². The Morgan fingerprint density at radius 3 is 2.65 bits per heavy atom. The molecule has 7 nitrogen and oxygen atoms in total. The van der Waals surface area contributed by atoms with Crippen molar-refractivity contribution in [3.8, 4) is 0 Å². The second-order valence-corrected chi connectivity index (χ2v) is 6.24. The number of aliphatic hydroxyl groups excluding tert-OH is 4. The van der Waals surface area contributed by atoms with Crippen LogP contribution in [0.3, 0.4) is 0 Å². The van der Waals surface area contributed by atoms with Crippen LogP contribution in [0.5, 0.6) is 0 Å². The van der Waals surface area contributed by atoms with Crippen LogP contribution in [0.25, 0.3) is 0 Å². The number of carbonyl (C=O) groups is 1. The van der Waals surface area contributed by atoms with Gasteiger partial charge in [-0.15, -0.1) is 0 Å². The fraction of sp³-hybridized carbons (Fsp3) is 0.533. The average Bonchev–Trinajstić information content (AvgIpc) is 2.56. The van der Waals surface area contributed by atoms with E-state index in [0.717, 1.165) is 11.8 Å². The van der Waals surface area contributed by atoms with E-state index in [4.69, 9.17) is 9.47 Å². The normalized spacial score (nSPS) is 30.9. The highest BCUT2D eigenvalue weighted by Crippen LogP contribution is 2.33. The maximum atomic E-state index is 11.7. The maximum Gasteiger partial charge on any atom is 0.338 e. The summed E-state index contributed by atoms with van der Waals surface area (Å²) in [5.74, 6) is -0.455. The molecule has 0 saturated carbocycles. The molecule has 0 amide bonds. The molecular formula is C15H20O7S. The quantitative estimate of drug-likeness (QED) is 0.541. The summed E-state index contributed by atoms with van der Waals surface area (Å²) >= 11 is 1.08. The van der Waals surface area contributed by atoms with E-state index in [-0.39, 0.29) is 6.61 Å². The first-order valence-electron chi connectivity index (χ1n) is 7.22. The Hall–Kier alpha value is -1.16. The molecule has 0 aliphatic carbocycles. The zero-order valence-corrected chi connectivity index (χ0v) is 13.3. The first kappa shape index (κ1) is 18.2. The molecule has 1 heterocycles. The van der Waals surface area contributed by atoms with Crippen molar-refractivity contribution in [1.29, 1.82) is 0 Å². The fourth-order valence-electron chi connectivity index (χ4n) is 2.21. The summed E-state index contributed by atoms with van der Waals surface area (Å²) in [6.07, 6.45) is -5.10. The number of carbonyl (C=O) groups excluding carboxylic acids is 1. The van der Waals surface area contributed by atoms with Crippen LogP contribution < -0.4 is 0 Å². The number of aliphatic hydroxyl groups is 4. The van der Waals surface area contributed by atoms with E-state index < -0.39 is 42.4 Å². The summed E-state index contributed by atoms with van der Waals surface area (Å²) in [7, 11) is 0. The Bertz CT molecular complexity index is 536. The number of hydrogen-bond donors (Lipinski definition) is 4. The van der Waals surface area contributed by atoms with Gasteiger partial charge in [-0.05, 0) is 25.1 Å². The van der Waals surface area contributed by atoms with Crippen molar-refractivity contribution in [2.24, 2.45) is 0 Å². The predicted molar refractivity (Wildman–Crippen MR) is 82.0 cm³/mol. The van der Waals surface area contributed by atoms with E-state index in [1.54, 1.807) is 31.2 Å². The van der Waals surface area contributed by atoms with Crippen molar-refractivity contribution in [3.63, 3.8) is 0 Å². The minimum absolute atomic E-state index is 0.267. The van der Waals surface area contributed by atoms with Gasteiger partial charge in [0.05, 0.1) is 18.8 Å². The maximum absolute atomic E-state index is 11.7. The molecule has 8 heteroatoms. The fourth-order valence-corrected chi connectivity index (χ4v) is 3.33. The molecule has 23 heavy (non-hydrogen) atoms. The van der Waals surface area contributed by atoms with E-state index in [1.165, 1.54) is 0 Å². The van der Waals surface area contributed by atoms with Crippen LogP contribution in [0, 0.1) is 0 Å². The van der Waals surface area contributed by atoms with Crippen LogP contribution in [0.2, 0.25) is 0 Å². The van der Waals surface area contributed by atoms with Gasteiger partial charge in [-0.1, -0.05) is 17.8 Å². The molecule has 0 radical (unpaired) electrons. The number of esters is 1. The Morgan fingerprint density at radius 1 is 1.26 bits per heavy atom. The number of thioether (sulfide) groups is 1. The Balaban J connectivity index is 2.11. The molecule has 1 saturated heterocycles. The summed E-state index contributed by atoms with van der Waals surface area (Å²) in [5, 5.41) is 38.7. The molecule has 0 unspecified atom stereocenters. The molecule has 1 aliphatic rings. The van der Waals surface area contributed by atoms with Crippen LogP contribution in [-0.4, -0.2) is 69.5 Å². The van der Waals surface area contributed by atoms with Crippen molar-refractivity contribution >= 4 is 17.7 Å². The van der Waals surface area contributed by atoms with Crippen LogP contribution in [0.15, 0.2) is 29.2 Å². The van der Waals surface area contributed by atoms with Gasteiger partial charge in [-0.2, -0.15) is 0 Å². The largest absolute Gasteiger partial charge is 0.462 e. The van der Waals surface area contributed by atoms with Gasteiger partial charge < -0.3 is 29.9 Å². The molecule has 1 aromatic rings. The van der Waals surface area contributed by atoms with Gasteiger partial charge in [0.15, 0.2) is 0 Å². The Morgan fingerprint density at radius 2 is 2.00 bits per heavy atom. The van der Waals surface area contributed by atoms with Crippen molar-refractivity contribution in [2.75, 3.05) is 13.2 Å². The van der Waals surface area contributed by atoms with Gasteiger partial charge in [-0.25, -0.2) is 4.79 Å². The highest BCUT2D eigenvalue weighted by Gasteiger charge is 2.43. The number of hydrogen-bond acceptors (Lipinski definition) is 8. The molecular weight excluding hydrogens is 324 g/mol. The monoisotopic (exact) mass is 344 g/mol. The smallest absolute Gasteiger partial charge is 0.338 e. The van der Waals surface area contributed by atoms with E-state index in [2.05, 4.69) is 0 Å². The van der Waals surface area contributed by atoms with Gasteiger partial charge in [0.1, 0.15) is 29.9 Å². The second-order valence-electron chi connectivity index (χ2n) is 5.06. The standard InChI is InChI=1S/C15H20O7S/c1-2-21-14(20)8-4-3-5-9(6-8)23-15-13(19)12(18)11(17)10(7-16)22-15/h3-6,10-13,15-19H,2,7H2,1H3/t10-,11-,12+,13-,15+/m1/s1. The third-order valence-electron chi connectivity index (χ3n) is 3.45. The summed E-state index contributed by atoms with van der Waals surface area (Å²) in [6, 6.07) is 6.58. The van der Waals surface area contributed by atoms with E-state index in [1.807, 2.05) is 0 Å². The molecule has 128 valence electrons. The molecule has 1 aromatic carbocycles. The Kier molecular flexibility index (Phi) is 6.40. The SMILES string of the molecule is CCOC(=O)c1cccc(S[C@@H]2O[C@H](CO)[C@@H](O)[C@H](O)[C@H]2O)c1. The summed E-state index contributed by atoms with van der Waals surface area (Å²) < 4.78 is 10.3. The Labute approximate surface area is 137 Å². The average molecular weight is 344 g/mol. The molecule has 0 aromatic heterocycles. The highest BCUT2D eigenvalue weighted by atomic mass is 32.2. The first-order valence-corrected chi connectivity index (χ1v) is 8.10. The number of ether oxygens (including phenoxy) is 2. The lowest BCUT2D eigenvalue weighted by atomic mass is 10.0. The van der Waals surface area contributed by atoms with Crippen LogP contribution in [0.1, 0.15) is 17.3 Å². The van der Waals surface area contributed by atoms with Gasteiger partial charge in [-0.3, -0.25) is 0 Å². The first-order chi connectivity index (χ1) is 11.0. The minimum atomic E-state index is -1.42. The molecule has 0 bridgehead atoms. The molecule has 1 fully saturated rings. The topological polar surface area (TPSA) is 116 Å². The molecule has 0 spiro atoms. The van der Waals surface area contributed by atoms with Crippen LogP contribution in [0.4, 0.5) is 0 Å². The molecule has 1 aliphatic heterocycles. The molecule has 2 rings (SSSR count). The lowest BCUT2D eigenvalue weighted by Gasteiger charge is -2.39. The second kappa shape index (κ2) is 8.09. The zero-order valence-electron chi connectivity index (χ0n) is 12.5. The van der Waals surface area contributed by atoms with Gasteiger partial charge in [0, 0.05) is 4.90 Å². The zero-order chi connectivity index (χ0) is 17.0. The van der Waals surface area contributed by atoms with Gasteiger partial charge in [0.25, 0.3) is 0 Å². The molecule has 5 atom stereocenters. The predicted octanol–water partition coefficient (Wildman–Crippen LogP) is -0.245. The van der Waals surface area contributed by atoms with Crippen molar-refractivity contribution in [1.82, 2.24) is 0 Å². The summed E-state index contributed by atoms with van der Waals surface area (Å²) in [5.41, 5.74) is -0.524.